The molecule has 0 spiro atoms. The molecule has 0 saturated carbocycles. The van der Waals surface area contributed by atoms with Gasteiger partial charge in [-0.15, -0.1) is 0 Å². The summed E-state index contributed by atoms with van der Waals surface area (Å²) in [6.07, 6.45) is 0.0983. The molecule has 0 atom stereocenters. The molecule has 6 heteroatoms. The van der Waals surface area contributed by atoms with Crippen LogP contribution < -0.4 is 0 Å². The van der Waals surface area contributed by atoms with Gasteiger partial charge in [-0.05, 0) is 34.1 Å². The van der Waals surface area contributed by atoms with Crippen molar-refractivity contribution >= 4 is 17.9 Å². The second-order valence-corrected chi connectivity index (χ2v) is 3.85. The Bertz CT molecular complexity index is 383. The number of hydrogen-bond acceptors (Lipinski definition) is 6. The number of hydrogen-bond donors (Lipinski definition) is 0. The minimum atomic E-state index is -0.609. The van der Waals surface area contributed by atoms with Gasteiger partial charge in [-0.25, -0.2) is 9.59 Å². The first-order valence-corrected chi connectivity index (χ1v) is 6.67. The largest absolute Gasteiger partial charge is 0.466 e. The minimum absolute atomic E-state index is 0.0126. The van der Waals surface area contributed by atoms with Crippen LogP contribution in [-0.4, -0.2) is 37.7 Å². The maximum absolute atomic E-state index is 11.8. The Morgan fingerprint density at radius 1 is 0.750 bits per heavy atom. The van der Waals surface area contributed by atoms with Gasteiger partial charge in [-0.2, -0.15) is 0 Å². The van der Waals surface area contributed by atoms with Crippen LogP contribution in [0.5, 0.6) is 0 Å². The van der Waals surface area contributed by atoms with Crippen molar-refractivity contribution in [2.24, 2.45) is 0 Å². The van der Waals surface area contributed by atoms with Crippen LogP contribution in [-0.2, 0) is 28.6 Å². The molecule has 6 nitrogen and oxygen atoms in total. The van der Waals surface area contributed by atoms with Crippen LogP contribution in [0.25, 0.3) is 0 Å². The van der Waals surface area contributed by atoms with Crippen molar-refractivity contribution in [3.63, 3.8) is 0 Å². The van der Waals surface area contributed by atoms with Gasteiger partial charge >= 0.3 is 17.9 Å². The zero-order chi connectivity index (χ0) is 15.5. The van der Waals surface area contributed by atoms with Crippen LogP contribution >= 0.6 is 0 Å². The molecule has 114 valence electrons. The molecule has 0 unspecified atom stereocenters. The third-order valence-electron chi connectivity index (χ3n) is 2.44. The SMILES string of the molecule is CCOC(=O)CC/C(C(=O)OCC)=C(\C)C(=O)OCC. The lowest BCUT2D eigenvalue weighted by Gasteiger charge is -2.10. The maximum Gasteiger partial charge on any atom is 0.334 e. The van der Waals surface area contributed by atoms with Gasteiger partial charge in [0.05, 0.1) is 19.8 Å². The molecule has 0 aliphatic carbocycles. The van der Waals surface area contributed by atoms with Crippen LogP contribution in [0, 0.1) is 0 Å². The van der Waals surface area contributed by atoms with E-state index in [1.807, 2.05) is 0 Å². The van der Waals surface area contributed by atoms with Crippen molar-refractivity contribution in [3.05, 3.63) is 11.1 Å². The molecule has 0 aromatic rings. The van der Waals surface area contributed by atoms with Gasteiger partial charge in [-0.3, -0.25) is 4.79 Å². The van der Waals surface area contributed by atoms with Crippen molar-refractivity contribution in [3.8, 4) is 0 Å². The monoisotopic (exact) mass is 286 g/mol. The van der Waals surface area contributed by atoms with E-state index in [1.165, 1.54) is 6.92 Å². The second kappa shape index (κ2) is 10.00. The van der Waals surface area contributed by atoms with Crippen molar-refractivity contribution in [2.75, 3.05) is 19.8 Å². The average molecular weight is 286 g/mol. The molecule has 0 rings (SSSR count). The van der Waals surface area contributed by atoms with E-state index in [9.17, 15) is 14.4 Å². The van der Waals surface area contributed by atoms with Crippen molar-refractivity contribution in [1.82, 2.24) is 0 Å². The summed E-state index contributed by atoms with van der Waals surface area (Å²) < 4.78 is 14.5. The number of esters is 3. The highest BCUT2D eigenvalue weighted by Crippen LogP contribution is 2.15. The number of rotatable bonds is 8. The van der Waals surface area contributed by atoms with Crippen LogP contribution in [0.4, 0.5) is 0 Å². The molecule has 0 N–H and O–H groups in total. The summed E-state index contributed by atoms with van der Waals surface area (Å²) >= 11 is 0. The van der Waals surface area contributed by atoms with E-state index in [1.54, 1.807) is 20.8 Å². The van der Waals surface area contributed by atoms with E-state index in [-0.39, 0.29) is 43.8 Å². The predicted octanol–water partition coefficient (Wildman–Crippen LogP) is 1.77. The van der Waals surface area contributed by atoms with E-state index in [2.05, 4.69) is 0 Å². The summed E-state index contributed by atoms with van der Waals surface area (Å²) in [5, 5.41) is 0. The van der Waals surface area contributed by atoms with Gasteiger partial charge in [-0.1, -0.05) is 0 Å². The maximum atomic E-state index is 11.8. The highest BCUT2D eigenvalue weighted by atomic mass is 16.5. The first-order valence-electron chi connectivity index (χ1n) is 6.67. The van der Waals surface area contributed by atoms with E-state index >= 15 is 0 Å². The van der Waals surface area contributed by atoms with Crippen molar-refractivity contribution < 1.29 is 28.6 Å². The minimum Gasteiger partial charge on any atom is -0.466 e. The molecular formula is C14H22O6. The van der Waals surface area contributed by atoms with Crippen LogP contribution in [0.3, 0.4) is 0 Å². The first-order chi connectivity index (χ1) is 9.47. The smallest absolute Gasteiger partial charge is 0.334 e. The fourth-order valence-corrected chi connectivity index (χ4v) is 1.48. The molecule has 0 aromatic heterocycles. The third-order valence-corrected chi connectivity index (χ3v) is 2.44. The summed E-state index contributed by atoms with van der Waals surface area (Å²) in [6, 6.07) is 0. The summed E-state index contributed by atoms with van der Waals surface area (Å²) in [6.45, 7) is 7.20. The van der Waals surface area contributed by atoms with Crippen molar-refractivity contribution in [2.45, 2.75) is 40.5 Å². The average Bonchev–Trinajstić information content (AvgIpc) is 2.39. The number of carbonyl (C=O) groups is 3. The predicted molar refractivity (Wildman–Crippen MR) is 71.8 cm³/mol. The molecule has 0 heterocycles. The molecule has 0 aliphatic heterocycles. The van der Waals surface area contributed by atoms with Gasteiger partial charge in [0.15, 0.2) is 0 Å². The van der Waals surface area contributed by atoms with Gasteiger partial charge in [0, 0.05) is 17.6 Å². The highest BCUT2D eigenvalue weighted by molar-refractivity contribution is 6.00. The Labute approximate surface area is 119 Å². The summed E-state index contributed by atoms with van der Waals surface area (Å²) in [5.74, 6) is -1.62. The summed E-state index contributed by atoms with van der Waals surface area (Å²) in [4.78, 5) is 34.8. The molecule has 20 heavy (non-hydrogen) atoms. The topological polar surface area (TPSA) is 78.9 Å². The first kappa shape index (κ1) is 18.1. The summed E-state index contributed by atoms with van der Waals surface area (Å²) in [5.41, 5.74) is 0.313. The van der Waals surface area contributed by atoms with Gasteiger partial charge in [0.25, 0.3) is 0 Å². The molecule has 0 aromatic carbocycles. The number of ether oxygens (including phenoxy) is 3. The zero-order valence-electron chi connectivity index (χ0n) is 12.5. The lowest BCUT2D eigenvalue weighted by Crippen LogP contribution is -2.16. The Kier molecular flexibility index (Phi) is 9.07. The fraction of sp³-hybridized carbons (Fsp3) is 0.643. The molecular weight excluding hydrogens is 264 g/mol. The van der Waals surface area contributed by atoms with E-state index in [0.717, 1.165) is 0 Å². The molecule has 0 saturated heterocycles. The van der Waals surface area contributed by atoms with Gasteiger partial charge < -0.3 is 14.2 Å². The van der Waals surface area contributed by atoms with Gasteiger partial charge in [0.2, 0.25) is 0 Å². The summed E-state index contributed by atoms with van der Waals surface area (Å²) in [7, 11) is 0. The Morgan fingerprint density at radius 3 is 1.75 bits per heavy atom. The molecule has 0 radical (unpaired) electrons. The third kappa shape index (κ3) is 6.36. The normalized spacial score (nSPS) is 11.4. The van der Waals surface area contributed by atoms with E-state index in [0.29, 0.717) is 0 Å². The lowest BCUT2D eigenvalue weighted by molar-refractivity contribution is -0.144. The zero-order valence-corrected chi connectivity index (χ0v) is 12.5. The quantitative estimate of drug-likeness (QED) is 0.384. The van der Waals surface area contributed by atoms with Gasteiger partial charge in [0.1, 0.15) is 0 Å². The Balaban J connectivity index is 4.98. The Hall–Kier alpha value is -1.85. The molecule has 0 aliphatic rings. The second-order valence-electron chi connectivity index (χ2n) is 3.85. The highest BCUT2D eigenvalue weighted by Gasteiger charge is 2.20. The molecule has 0 fully saturated rings. The number of carbonyl (C=O) groups excluding carboxylic acids is 3. The Morgan fingerprint density at radius 2 is 1.25 bits per heavy atom. The standard InChI is InChI=1S/C14H22O6/c1-5-18-12(15)9-8-11(14(17)20-7-3)10(4)13(16)19-6-2/h5-9H2,1-4H3/b11-10-. The molecule has 0 bridgehead atoms. The van der Waals surface area contributed by atoms with Crippen LogP contribution in [0.2, 0.25) is 0 Å². The fourth-order valence-electron chi connectivity index (χ4n) is 1.48. The van der Waals surface area contributed by atoms with E-state index in [4.69, 9.17) is 14.2 Å². The van der Waals surface area contributed by atoms with Crippen molar-refractivity contribution in [1.29, 1.82) is 0 Å². The van der Waals surface area contributed by atoms with E-state index < -0.39 is 17.9 Å². The van der Waals surface area contributed by atoms with Crippen LogP contribution in [0.1, 0.15) is 40.5 Å². The lowest BCUT2D eigenvalue weighted by atomic mass is 10.0. The molecule has 0 amide bonds. The van der Waals surface area contributed by atoms with Crippen LogP contribution in [0.15, 0.2) is 11.1 Å².